The van der Waals surface area contributed by atoms with Crippen LogP contribution in [-0.2, 0) is 28.6 Å². The molecule has 0 amide bonds. The van der Waals surface area contributed by atoms with Crippen molar-refractivity contribution in [2.45, 2.75) is 271 Å². The van der Waals surface area contributed by atoms with Gasteiger partial charge in [0, 0.05) is 19.3 Å². The van der Waals surface area contributed by atoms with Crippen LogP contribution in [0.4, 0.5) is 0 Å². The van der Waals surface area contributed by atoms with E-state index in [0.29, 0.717) is 19.3 Å². The number of rotatable bonds is 51. The summed E-state index contributed by atoms with van der Waals surface area (Å²) < 4.78 is 16.8. The Labute approximate surface area is 426 Å². The van der Waals surface area contributed by atoms with Crippen LogP contribution in [0.5, 0.6) is 0 Å². The van der Waals surface area contributed by atoms with Gasteiger partial charge in [0.2, 0.25) is 0 Å². The van der Waals surface area contributed by atoms with Crippen LogP contribution in [0.15, 0.2) is 97.2 Å². The zero-order chi connectivity index (χ0) is 50.0. The van der Waals surface area contributed by atoms with Gasteiger partial charge < -0.3 is 14.2 Å². The Morgan fingerprint density at radius 2 is 0.580 bits per heavy atom. The van der Waals surface area contributed by atoms with Crippen molar-refractivity contribution in [3.63, 3.8) is 0 Å². The Morgan fingerprint density at radius 1 is 0.304 bits per heavy atom. The summed E-state index contributed by atoms with van der Waals surface area (Å²) in [6.45, 7) is 6.46. The summed E-state index contributed by atoms with van der Waals surface area (Å²) in [7, 11) is 0. The lowest BCUT2D eigenvalue weighted by Gasteiger charge is -2.18. The molecule has 0 fully saturated rings. The molecule has 0 aliphatic carbocycles. The Hall–Kier alpha value is -3.67. The van der Waals surface area contributed by atoms with E-state index >= 15 is 0 Å². The fraction of sp³-hybridized carbons (Fsp3) is 0.698. The number of carbonyl (C=O) groups is 3. The summed E-state index contributed by atoms with van der Waals surface area (Å²) >= 11 is 0. The molecule has 0 saturated carbocycles. The second-order valence-corrected chi connectivity index (χ2v) is 18.8. The number of carbonyl (C=O) groups excluding carboxylic acids is 3. The molecule has 0 aliphatic heterocycles. The van der Waals surface area contributed by atoms with Crippen LogP contribution in [0.3, 0.4) is 0 Å². The number of ether oxygens (including phenoxy) is 3. The minimum atomic E-state index is -0.794. The molecule has 0 heterocycles. The van der Waals surface area contributed by atoms with E-state index in [0.717, 1.165) is 122 Å². The minimum Gasteiger partial charge on any atom is -0.462 e. The van der Waals surface area contributed by atoms with Crippen LogP contribution in [-0.4, -0.2) is 37.2 Å². The highest BCUT2D eigenvalue weighted by Crippen LogP contribution is 2.14. The van der Waals surface area contributed by atoms with Gasteiger partial charge in [-0.15, -0.1) is 0 Å². The zero-order valence-corrected chi connectivity index (χ0v) is 45.0. The predicted octanol–water partition coefficient (Wildman–Crippen LogP) is 19.3. The fourth-order valence-corrected chi connectivity index (χ4v) is 7.71. The second kappa shape index (κ2) is 56.9. The molecule has 0 radical (unpaired) electrons. The largest absolute Gasteiger partial charge is 0.462 e. The van der Waals surface area contributed by atoms with Gasteiger partial charge in [0.25, 0.3) is 0 Å². The molecule has 0 rings (SSSR count). The first kappa shape index (κ1) is 65.3. The van der Waals surface area contributed by atoms with Crippen molar-refractivity contribution >= 4 is 17.9 Å². The summed E-state index contributed by atoms with van der Waals surface area (Å²) in [6, 6.07) is 0. The summed E-state index contributed by atoms with van der Waals surface area (Å²) in [4.78, 5) is 38.1. The molecule has 0 aromatic carbocycles. The number of hydrogen-bond donors (Lipinski definition) is 0. The minimum absolute atomic E-state index is 0.0922. The van der Waals surface area contributed by atoms with Crippen LogP contribution < -0.4 is 0 Å². The molecule has 394 valence electrons. The van der Waals surface area contributed by atoms with Gasteiger partial charge >= 0.3 is 17.9 Å². The van der Waals surface area contributed by atoms with Crippen LogP contribution in [0.2, 0.25) is 0 Å². The summed E-state index contributed by atoms with van der Waals surface area (Å²) in [5, 5.41) is 0. The smallest absolute Gasteiger partial charge is 0.306 e. The van der Waals surface area contributed by atoms with E-state index in [1.807, 2.05) is 0 Å². The van der Waals surface area contributed by atoms with E-state index in [1.165, 1.54) is 103 Å². The molecule has 0 N–H and O–H groups in total. The van der Waals surface area contributed by atoms with E-state index in [-0.39, 0.29) is 31.1 Å². The van der Waals surface area contributed by atoms with Crippen molar-refractivity contribution < 1.29 is 28.6 Å². The lowest BCUT2D eigenvalue weighted by molar-refractivity contribution is -0.167. The molecule has 1 unspecified atom stereocenters. The van der Waals surface area contributed by atoms with Gasteiger partial charge in [-0.25, -0.2) is 0 Å². The molecule has 0 saturated heterocycles. The third-order valence-corrected chi connectivity index (χ3v) is 12.0. The van der Waals surface area contributed by atoms with Gasteiger partial charge in [-0.05, 0) is 116 Å². The number of hydrogen-bond acceptors (Lipinski definition) is 6. The third-order valence-electron chi connectivity index (χ3n) is 12.0. The maximum atomic E-state index is 12.8. The maximum Gasteiger partial charge on any atom is 0.306 e. The second-order valence-electron chi connectivity index (χ2n) is 18.8. The van der Waals surface area contributed by atoms with Gasteiger partial charge in [0.05, 0.1) is 0 Å². The molecule has 1 atom stereocenters. The van der Waals surface area contributed by atoms with Crippen molar-refractivity contribution in [1.29, 1.82) is 0 Å². The SMILES string of the molecule is CC/C=C\C/C=C\C/C=C\C/C=C\C/C=C\C/C=C\CCCCCCC(=O)OCC(COC(=O)CCCCCCC/C=C\CCCC)OC(=O)CCCCCCCCC/C=C\CCCCCCCC. The first-order chi connectivity index (χ1) is 34.0. The maximum absolute atomic E-state index is 12.8. The van der Waals surface area contributed by atoms with Gasteiger partial charge in [-0.3, -0.25) is 14.4 Å². The van der Waals surface area contributed by atoms with Crippen LogP contribution in [0, 0.1) is 0 Å². The van der Waals surface area contributed by atoms with E-state index in [4.69, 9.17) is 14.2 Å². The predicted molar refractivity (Wildman–Crippen MR) is 297 cm³/mol. The van der Waals surface area contributed by atoms with Crippen molar-refractivity contribution in [2.24, 2.45) is 0 Å². The highest BCUT2D eigenvalue weighted by atomic mass is 16.6. The molecular formula is C63H106O6. The van der Waals surface area contributed by atoms with Crippen molar-refractivity contribution in [3.8, 4) is 0 Å². The average molecular weight is 960 g/mol. The van der Waals surface area contributed by atoms with E-state index in [2.05, 4.69) is 118 Å². The van der Waals surface area contributed by atoms with Gasteiger partial charge in [0.15, 0.2) is 6.10 Å². The van der Waals surface area contributed by atoms with Gasteiger partial charge in [-0.2, -0.15) is 0 Å². The number of unbranched alkanes of at least 4 members (excludes halogenated alkanes) is 24. The lowest BCUT2D eigenvalue weighted by Crippen LogP contribution is -2.30. The molecule has 6 heteroatoms. The van der Waals surface area contributed by atoms with Crippen LogP contribution in [0.1, 0.15) is 265 Å². The van der Waals surface area contributed by atoms with Crippen molar-refractivity contribution in [2.75, 3.05) is 13.2 Å². The van der Waals surface area contributed by atoms with Crippen molar-refractivity contribution in [3.05, 3.63) is 97.2 Å². The molecule has 0 spiro atoms. The van der Waals surface area contributed by atoms with Crippen LogP contribution >= 0.6 is 0 Å². The summed E-state index contributed by atoms with van der Waals surface area (Å²) in [5.41, 5.74) is 0. The quantitative estimate of drug-likeness (QED) is 0.0262. The van der Waals surface area contributed by atoms with E-state index in [9.17, 15) is 14.4 Å². The molecule has 0 aromatic heterocycles. The third kappa shape index (κ3) is 55.1. The van der Waals surface area contributed by atoms with Crippen molar-refractivity contribution in [1.82, 2.24) is 0 Å². The molecule has 0 aliphatic rings. The van der Waals surface area contributed by atoms with E-state index in [1.54, 1.807) is 0 Å². The standard InChI is InChI=1S/C63H106O6/c1-4-7-10-13-16-19-22-24-26-28-29-30-31-32-33-35-36-38-41-44-47-50-53-56-62(65)68-59-60(58-67-61(64)55-52-49-46-43-40-21-18-15-12-9-6-3)69-63(66)57-54-51-48-45-42-39-37-34-27-25-23-20-17-14-11-8-5-2/h7,10,15-16,18-19,24-27,29-30,32-33,36,38,60H,4-6,8-9,11-14,17,20-23,28,31,34-35,37,39-59H2,1-3H3/b10-7-,18-15-,19-16-,26-24-,27-25-,30-29-,33-32-,38-36-. The monoisotopic (exact) mass is 959 g/mol. The summed E-state index contributed by atoms with van der Waals surface area (Å²) in [6.07, 6.45) is 75.4. The average Bonchev–Trinajstić information content (AvgIpc) is 3.35. The number of esters is 3. The highest BCUT2D eigenvalue weighted by Gasteiger charge is 2.19. The highest BCUT2D eigenvalue weighted by molar-refractivity contribution is 5.71. The van der Waals surface area contributed by atoms with E-state index < -0.39 is 6.10 Å². The molecule has 0 aromatic rings. The van der Waals surface area contributed by atoms with Gasteiger partial charge in [0.1, 0.15) is 13.2 Å². The molecule has 69 heavy (non-hydrogen) atoms. The molecule has 0 bridgehead atoms. The molecule has 6 nitrogen and oxygen atoms in total. The topological polar surface area (TPSA) is 78.9 Å². The fourth-order valence-electron chi connectivity index (χ4n) is 7.71. The number of allylic oxidation sites excluding steroid dienone is 16. The molecular weight excluding hydrogens is 853 g/mol. The van der Waals surface area contributed by atoms with Gasteiger partial charge in [-0.1, -0.05) is 227 Å². The Kier molecular flexibility index (Phi) is 53.9. The zero-order valence-electron chi connectivity index (χ0n) is 45.0. The first-order valence-electron chi connectivity index (χ1n) is 28.7. The van der Waals surface area contributed by atoms with Crippen LogP contribution in [0.25, 0.3) is 0 Å². The lowest BCUT2D eigenvalue weighted by atomic mass is 10.1. The Morgan fingerprint density at radius 3 is 0.942 bits per heavy atom. The Balaban J connectivity index is 4.40. The summed E-state index contributed by atoms with van der Waals surface area (Å²) in [5.74, 6) is -0.929. The Bertz CT molecular complexity index is 1380. The first-order valence-corrected chi connectivity index (χ1v) is 28.7. The normalized spacial score (nSPS) is 12.8.